The lowest BCUT2D eigenvalue weighted by molar-refractivity contribution is -0.116. The summed E-state index contributed by atoms with van der Waals surface area (Å²) in [5.74, 6) is -1.10. The number of benzene rings is 1. The molecule has 0 radical (unpaired) electrons. The Hall–Kier alpha value is -1.49. The molecule has 1 amide bonds. The molecule has 1 aromatic carbocycles. The molecule has 1 aliphatic heterocycles. The quantitative estimate of drug-likeness (QED) is 0.920. The van der Waals surface area contributed by atoms with E-state index < -0.39 is 11.6 Å². The van der Waals surface area contributed by atoms with Gasteiger partial charge in [-0.25, -0.2) is 8.78 Å². The zero-order valence-corrected chi connectivity index (χ0v) is 11.7. The number of hydrogen-bond acceptors (Lipinski definition) is 2. The SMILES string of the molecule is CC1CCN(CCC(=O)Nc2c(F)cccc2F)CC1. The van der Waals surface area contributed by atoms with E-state index in [2.05, 4.69) is 17.1 Å². The number of para-hydroxylation sites is 1. The molecule has 1 heterocycles. The third-order valence-corrected chi connectivity index (χ3v) is 3.76. The molecule has 1 saturated heterocycles. The summed E-state index contributed by atoms with van der Waals surface area (Å²) in [6, 6.07) is 3.53. The smallest absolute Gasteiger partial charge is 0.225 e. The Bertz CT molecular complexity index is 451. The Balaban J connectivity index is 1.81. The Kier molecular flexibility index (Phi) is 5.06. The average molecular weight is 282 g/mol. The maximum absolute atomic E-state index is 13.4. The molecule has 1 aromatic rings. The Labute approximate surface area is 118 Å². The van der Waals surface area contributed by atoms with Crippen LogP contribution in [0.5, 0.6) is 0 Å². The molecule has 5 heteroatoms. The Morgan fingerprint density at radius 2 is 1.90 bits per heavy atom. The Morgan fingerprint density at radius 1 is 1.30 bits per heavy atom. The second-order valence-electron chi connectivity index (χ2n) is 5.42. The van der Waals surface area contributed by atoms with Crippen molar-refractivity contribution in [3.05, 3.63) is 29.8 Å². The van der Waals surface area contributed by atoms with Gasteiger partial charge in [0.05, 0.1) is 0 Å². The predicted molar refractivity (Wildman–Crippen MR) is 74.4 cm³/mol. The van der Waals surface area contributed by atoms with Gasteiger partial charge in [-0.05, 0) is 44.0 Å². The van der Waals surface area contributed by atoms with Gasteiger partial charge >= 0.3 is 0 Å². The lowest BCUT2D eigenvalue weighted by Gasteiger charge is -2.29. The van der Waals surface area contributed by atoms with Crippen LogP contribution in [0.25, 0.3) is 0 Å². The van der Waals surface area contributed by atoms with Gasteiger partial charge in [0.25, 0.3) is 0 Å². The molecule has 1 aliphatic rings. The second-order valence-corrected chi connectivity index (χ2v) is 5.42. The van der Waals surface area contributed by atoms with Crippen molar-refractivity contribution < 1.29 is 13.6 Å². The lowest BCUT2D eigenvalue weighted by Crippen LogP contribution is -2.35. The lowest BCUT2D eigenvalue weighted by atomic mass is 9.99. The maximum atomic E-state index is 13.4. The molecule has 3 nitrogen and oxygen atoms in total. The van der Waals surface area contributed by atoms with Gasteiger partial charge in [0.1, 0.15) is 17.3 Å². The van der Waals surface area contributed by atoms with Crippen molar-refractivity contribution >= 4 is 11.6 Å². The third kappa shape index (κ3) is 4.00. The van der Waals surface area contributed by atoms with Crippen LogP contribution in [-0.2, 0) is 4.79 Å². The third-order valence-electron chi connectivity index (χ3n) is 3.76. The molecule has 110 valence electrons. The fourth-order valence-electron chi connectivity index (χ4n) is 2.36. The van der Waals surface area contributed by atoms with E-state index in [0.29, 0.717) is 6.54 Å². The summed E-state index contributed by atoms with van der Waals surface area (Å²) >= 11 is 0. The number of halogens is 2. The summed E-state index contributed by atoms with van der Waals surface area (Å²) in [4.78, 5) is 14.0. The van der Waals surface area contributed by atoms with E-state index in [1.54, 1.807) is 0 Å². The fraction of sp³-hybridized carbons (Fsp3) is 0.533. The predicted octanol–water partition coefficient (Wildman–Crippen LogP) is 3.03. The standard InChI is InChI=1S/C15H20F2N2O/c1-11-5-8-19(9-6-11)10-7-14(20)18-15-12(16)3-2-4-13(15)17/h2-4,11H,5-10H2,1H3,(H,18,20). The summed E-state index contributed by atoms with van der Waals surface area (Å²) in [6.45, 7) is 4.84. The van der Waals surface area contributed by atoms with E-state index in [1.165, 1.54) is 6.07 Å². The van der Waals surface area contributed by atoms with Gasteiger partial charge in [0, 0.05) is 13.0 Å². The molecular formula is C15H20F2N2O. The number of rotatable bonds is 4. The maximum Gasteiger partial charge on any atom is 0.225 e. The summed E-state index contributed by atoms with van der Waals surface area (Å²) < 4.78 is 26.8. The molecule has 2 rings (SSSR count). The summed E-state index contributed by atoms with van der Waals surface area (Å²) in [5, 5.41) is 2.31. The molecular weight excluding hydrogens is 262 g/mol. The molecule has 0 bridgehead atoms. The molecule has 0 saturated carbocycles. The van der Waals surface area contributed by atoms with Crippen LogP contribution in [0.3, 0.4) is 0 Å². The molecule has 0 aliphatic carbocycles. The van der Waals surface area contributed by atoms with E-state index in [9.17, 15) is 13.6 Å². The molecule has 0 unspecified atom stereocenters. The summed E-state index contributed by atoms with van der Waals surface area (Å²) in [7, 11) is 0. The van der Waals surface area contributed by atoms with Crippen LogP contribution in [0.4, 0.5) is 14.5 Å². The first kappa shape index (κ1) is 14.9. The van der Waals surface area contributed by atoms with Crippen molar-refractivity contribution in [1.82, 2.24) is 4.90 Å². The average Bonchev–Trinajstić information content (AvgIpc) is 2.42. The molecule has 0 spiro atoms. The summed E-state index contributed by atoms with van der Waals surface area (Å²) in [6.07, 6.45) is 2.54. The van der Waals surface area contributed by atoms with Crippen molar-refractivity contribution in [2.45, 2.75) is 26.2 Å². The highest BCUT2D eigenvalue weighted by Crippen LogP contribution is 2.19. The highest BCUT2D eigenvalue weighted by atomic mass is 19.1. The molecule has 1 N–H and O–H groups in total. The minimum absolute atomic E-state index is 0.252. The first-order valence-corrected chi connectivity index (χ1v) is 7.02. The first-order valence-electron chi connectivity index (χ1n) is 7.02. The van der Waals surface area contributed by atoms with Crippen LogP contribution in [0, 0.1) is 17.6 Å². The van der Waals surface area contributed by atoms with Crippen LogP contribution in [0.1, 0.15) is 26.2 Å². The van der Waals surface area contributed by atoms with Crippen molar-refractivity contribution in [1.29, 1.82) is 0 Å². The number of carbonyl (C=O) groups excluding carboxylic acids is 1. The summed E-state index contributed by atoms with van der Waals surface area (Å²) in [5.41, 5.74) is -0.357. The van der Waals surface area contributed by atoms with Crippen LogP contribution in [0.2, 0.25) is 0 Å². The highest BCUT2D eigenvalue weighted by Gasteiger charge is 2.17. The molecule has 20 heavy (non-hydrogen) atoms. The Morgan fingerprint density at radius 3 is 2.50 bits per heavy atom. The van der Waals surface area contributed by atoms with Gasteiger partial charge < -0.3 is 10.2 Å². The normalized spacial score (nSPS) is 17.1. The minimum atomic E-state index is -0.745. The van der Waals surface area contributed by atoms with E-state index in [4.69, 9.17) is 0 Å². The molecule has 0 atom stereocenters. The van der Waals surface area contributed by atoms with Gasteiger partial charge in [-0.1, -0.05) is 13.0 Å². The monoisotopic (exact) mass is 282 g/mol. The van der Waals surface area contributed by atoms with Crippen molar-refractivity contribution in [2.24, 2.45) is 5.92 Å². The van der Waals surface area contributed by atoms with E-state index in [0.717, 1.165) is 44.0 Å². The van der Waals surface area contributed by atoms with Crippen molar-refractivity contribution in [2.75, 3.05) is 25.0 Å². The zero-order chi connectivity index (χ0) is 14.5. The van der Waals surface area contributed by atoms with Crippen LogP contribution in [0.15, 0.2) is 18.2 Å². The van der Waals surface area contributed by atoms with Crippen LogP contribution in [-0.4, -0.2) is 30.4 Å². The van der Waals surface area contributed by atoms with Crippen molar-refractivity contribution in [3.63, 3.8) is 0 Å². The number of piperidine rings is 1. The number of carbonyl (C=O) groups is 1. The second kappa shape index (κ2) is 6.79. The molecule has 1 fully saturated rings. The number of nitrogens with zero attached hydrogens (tertiary/aromatic N) is 1. The molecule has 0 aromatic heterocycles. The van der Waals surface area contributed by atoms with Gasteiger partial charge in [-0.2, -0.15) is 0 Å². The van der Waals surface area contributed by atoms with Gasteiger partial charge in [0.2, 0.25) is 5.91 Å². The van der Waals surface area contributed by atoms with Gasteiger partial charge in [-0.3, -0.25) is 4.79 Å². The van der Waals surface area contributed by atoms with E-state index >= 15 is 0 Å². The van der Waals surface area contributed by atoms with E-state index in [1.807, 2.05) is 0 Å². The van der Waals surface area contributed by atoms with E-state index in [-0.39, 0.29) is 18.0 Å². The minimum Gasteiger partial charge on any atom is -0.321 e. The first-order chi connectivity index (χ1) is 9.56. The number of likely N-dealkylation sites (tertiary alicyclic amines) is 1. The number of anilines is 1. The number of hydrogen-bond donors (Lipinski definition) is 1. The zero-order valence-electron chi connectivity index (χ0n) is 11.7. The number of amides is 1. The largest absolute Gasteiger partial charge is 0.321 e. The van der Waals surface area contributed by atoms with Crippen molar-refractivity contribution in [3.8, 4) is 0 Å². The van der Waals surface area contributed by atoms with Gasteiger partial charge in [-0.15, -0.1) is 0 Å². The fourth-order valence-corrected chi connectivity index (χ4v) is 2.36. The van der Waals surface area contributed by atoms with Crippen LogP contribution < -0.4 is 5.32 Å². The topological polar surface area (TPSA) is 32.3 Å². The van der Waals surface area contributed by atoms with Gasteiger partial charge in [0.15, 0.2) is 0 Å². The van der Waals surface area contributed by atoms with Crippen LogP contribution >= 0.6 is 0 Å². The highest BCUT2D eigenvalue weighted by molar-refractivity contribution is 5.91. The number of nitrogens with one attached hydrogen (secondary N) is 1.